The van der Waals surface area contributed by atoms with E-state index in [1.54, 1.807) is 0 Å². The summed E-state index contributed by atoms with van der Waals surface area (Å²) in [6.45, 7) is 0. The summed E-state index contributed by atoms with van der Waals surface area (Å²) in [6, 6.07) is 3.07. The van der Waals surface area contributed by atoms with Gasteiger partial charge < -0.3 is 10.1 Å². The van der Waals surface area contributed by atoms with Gasteiger partial charge in [-0.3, -0.25) is 14.9 Å². The number of ether oxygens (including phenoxy) is 1. The Morgan fingerprint density at radius 3 is 2.85 bits per heavy atom. The van der Waals surface area contributed by atoms with E-state index in [4.69, 9.17) is 4.74 Å². The zero-order valence-corrected chi connectivity index (χ0v) is 10.5. The van der Waals surface area contributed by atoms with Crippen molar-refractivity contribution in [2.75, 3.05) is 0 Å². The first-order valence-electron chi connectivity index (χ1n) is 6.45. The van der Waals surface area contributed by atoms with E-state index >= 15 is 0 Å². The summed E-state index contributed by atoms with van der Waals surface area (Å²) in [7, 11) is 0. The Labute approximate surface area is 114 Å². The number of hydrogen-bond acceptors (Lipinski definition) is 4. The van der Waals surface area contributed by atoms with Gasteiger partial charge in [0.1, 0.15) is 0 Å². The second-order valence-corrected chi connectivity index (χ2v) is 5.11. The Morgan fingerprint density at radius 2 is 2.25 bits per heavy atom. The fourth-order valence-electron chi connectivity index (χ4n) is 2.84. The Bertz CT molecular complexity index is 577. The summed E-state index contributed by atoms with van der Waals surface area (Å²) >= 11 is 0. The van der Waals surface area contributed by atoms with E-state index in [1.165, 1.54) is 6.07 Å². The summed E-state index contributed by atoms with van der Waals surface area (Å²) in [5.74, 6) is -1.39. The van der Waals surface area contributed by atoms with Crippen LogP contribution in [0.15, 0.2) is 18.2 Å². The standard InChI is InChI=1S/C13H13FN2O4/c14-9-3-1-7(5-11(9)16(18)19)13(17)15-10-6-8-2-4-12(10)20-8/h1,3,5,8,10,12H,2,4,6H2,(H,15,17). The van der Waals surface area contributed by atoms with Gasteiger partial charge in [-0.25, -0.2) is 0 Å². The van der Waals surface area contributed by atoms with Crippen molar-refractivity contribution in [3.63, 3.8) is 0 Å². The third-order valence-electron chi connectivity index (χ3n) is 3.83. The minimum atomic E-state index is -0.949. The number of carbonyl (C=O) groups excluding carboxylic acids is 1. The first kappa shape index (κ1) is 13.0. The number of carbonyl (C=O) groups is 1. The molecule has 7 heteroatoms. The van der Waals surface area contributed by atoms with Gasteiger partial charge >= 0.3 is 5.69 Å². The average molecular weight is 280 g/mol. The van der Waals surface area contributed by atoms with Crippen LogP contribution in [0, 0.1) is 15.9 Å². The first-order valence-corrected chi connectivity index (χ1v) is 6.45. The Hall–Kier alpha value is -2.02. The molecule has 2 heterocycles. The van der Waals surface area contributed by atoms with Crippen molar-refractivity contribution < 1.29 is 18.8 Å². The van der Waals surface area contributed by atoms with Crippen LogP contribution in [0.5, 0.6) is 0 Å². The van der Waals surface area contributed by atoms with Gasteiger partial charge in [0.05, 0.1) is 23.2 Å². The third kappa shape index (κ3) is 2.24. The fraction of sp³-hybridized carbons (Fsp3) is 0.462. The molecular formula is C13H13FN2O4. The SMILES string of the molecule is O=C(NC1CC2CCC1O2)c1ccc(F)c([N+](=O)[O-])c1. The predicted octanol–water partition coefficient (Wildman–Crippen LogP) is 1.78. The molecule has 20 heavy (non-hydrogen) atoms. The van der Waals surface area contributed by atoms with Crippen LogP contribution in [-0.2, 0) is 4.74 Å². The summed E-state index contributed by atoms with van der Waals surface area (Å²) in [5.41, 5.74) is -0.609. The zero-order valence-electron chi connectivity index (χ0n) is 10.5. The Balaban J connectivity index is 1.74. The van der Waals surface area contributed by atoms with Crippen LogP contribution in [0.4, 0.5) is 10.1 Å². The highest BCUT2D eigenvalue weighted by atomic mass is 19.1. The van der Waals surface area contributed by atoms with Crippen LogP contribution < -0.4 is 5.32 Å². The second kappa shape index (κ2) is 4.82. The minimum absolute atomic E-state index is 0.0272. The monoisotopic (exact) mass is 280 g/mol. The second-order valence-electron chi connectivity index (χ2n) is 5.11. The van der Waals surface area contributed by atoms with E-state index in [1.807, 2.05) is 0 Å². The first-order chi connectivity index (χ1) is 9.54. The quantitative estimate of drug-likeness (QED) is 0.676. The molecule has 106 valence electrons. The van der Waals surface area contributed by atoms with Crippen molar-refractivity contribution in [3.8, 4) is 0 Å². The zero-order chi connectivity index (χ0) is 14.3. The third-order valence-corrected chi connectivity index (χ3v) is 3.83. The van der Waals surface area contributed by atoms with Crippen LogP contribution in [-0.4, -0.2) is 29.1 Å². The molecule has 0 spiro atoms. The Morgan fingerprint density at radius 1 is 1.45 bits per heavy atom. The molecule has 6 nitrogen and oxygen atoms in total. The number of benzene rings is 1. The summed E-state index contributed by atoms with van der Waals surface area (Å²) < 4.78 is 18.8. The van der Waals surface area contributed by atoms with Gasteiger partial charge in [0.15, 0.2) is 0 Å². The van der Waals surface area contributed by atoms with Crippen molar-refractivity contribution in [1.29, 1.82) is 0 Å². The maximum Gasteiger partial charge on any atom is 0.305 e. The number of rotatable bonds is 3. The van der Waals surface area contributed by atoms with E-state index in [0.29, 0.717) is 0 Å². The van der Waals surface area contributed by atoms with Crippen molar-refractivity contribution >= 4 is 11.6 Å². The molecule has 2 bridgehead atoms. The Kier molecular flexibility index (Phi) is 3.13. The van der Waals surface area contributed by atoms with Crippen LogP contribution in [0.3, 0.4) is 0 Å². The van der Waals surface area contributed by atoms with E-state index in [0.717, 1.165) is 31.4 Å². The van der Waals surface area contributed by atoms with Crippen molar-refractivity contribution in [3.05, 3.63) is 39.7 Å². The highest BCUT2D eigenvalue weighted by Gasteiger charge is 2.41. The average Bonchev–Trinajstić information content (AvgIpc) is 3.01. The molecule has 2 saturated heterocycles. The number of amides is 1. The maximum atomic E-state index is 13.2. The fourth-order valence-corrected chi connectivity index (χ4v) is 2.84. The van der Waals surface area contributed by atoms with Crippen LogP contribution in [0.1, 0.15) is 29.6 Å². The number of fused-ring (bicyclic) bond motifs is 2. The molecule has 2 aliphatic rings. The molecule has 1 aromatic rings. The molecule has 1 amide bonds. The number of nitro benzene ring substituents is 1. The summed E-state index contributed by atoms with van der Waals surface area (Å²) in [4.78, 5) is 21.9. The lowest BCUT2D eigenvalue weighted by molar-refractivity contribution is -0.387. The predicted molar refractivity (Wildman–Crippen MR) is 66.8 cm³/mol. The number of nitro groups is 1. The van der Waals surface area contributed by atoms with Gasteiger partial charge in [-0.2, -0.15) is 4.39 Å². The van der Waals surface area contributed by atoms with E-state index < -0.39 is 22.3 Å². The summed E-state index contributed by atoms with van der Waals surface area (Å²) in [6.07, 6.45) is 2.92. The van der Waals surface area contributed by atoms with E-state index in [2.05, 4.69) is 5.32 Å². The smallest absolute Gasteiger partial charge is 0.305 e. The van der Waals surface area contributed by atoms with Crippen LogP contribution in [0.2, 0.25) is 0 Å². The molecule has 2 fully saturated rings. The highest BCUT2D eigenvalue weighted by molar-refractivity contribution is 5.95. The molecule has 0 radical (unpaired) electrons. The van der Waals surface area contributed by atoms with Crippen LogP contribution >= 0.6 is 0 Å². The van der Waals surface area contributed by atoms with Crippen LogP contribution in [0.25, 0.3) is 0 Å². The van der Waals surface area contributed by atoms with Gasteiger partial charge in [0, 0.05) is 11.6 Å². The lowest BCUT2D eigenvalue weighted by Gasteiger charge is -2.19. The van der Waals surface area contributed by atoms with Crippen molar-refractivity contribution in [2.24, 2.45) is 0 Å². The molecular weight excluding hydrogens is 267 g/mol. The molecule has 0 aliphatic carbocycles. The normalized spacial score (nSPS) is 27.6. The topological polar surface area (TPSA) is 81.5 Å². The largest absolute Gasteiger partial charge is 0.373 e. The highest BCUT2D eigenvalue weighted by Crippen LogP contribution is 2.34. The lowest BCUT2D eigenvalue weighted by Crippen LogP contribution is -2.41. The van der Waals surface area contributed by atoms with Gasteiger partial charge in [-0.15, -0.1) is 0 Å². The molecule has 0 aromatic heterocycles. The van der Waals surface area contributed by atoms with Crippen molar-refractivity contribution in [1.82, 2.24) is 5.32 Å². The van der Waals surface area contributed by atoms with E-state index in [9.17, 15) is 19.3 Å². The molecule has 0 saturated carbocycles. The van der Waals surface area contributed by atoms with E-state index in [-0.39, 0.29) is 23.8 Å². The lowest BCUT2D eigenvalue weighted by atomic mass is 9.95. The van der Waals surface area contributed by atoms with Gasteiger partial charge in [0.2, 0.25) is 5.82 Å². The molecule has 2 aliphatic heterocycles. The number of nitrogens with one attached hydrogen (secondary N) is 1. The number of nitrogens with zero attached hydrogens (tertiary/aromatic N) is 1. The molecule has 1 N–H and O–H groups in total. The van der Waals surface area contributed by atoms with Gasteiger partial charge in [-0.05, 0) is 31.4 Å². The number of halogens is 1. The van der Waals surface area contributed by atoms with Crippen molar-refractivity contribution in [2.45, 2.75) is 37.5 Å². The molecule has 3 unspecified atom stereocenters. The minimum Gasteiger partial charge on any atom is -0.373 e. The molecule has 1 aromatic carbocycles. The van der Waals surface area contributed by atoms with Gasteiger partial charge in [-0.1, -0.05) is 0 Å². The summed E-state index contributed by atoms with van der Waals surface area (Å²) in [5, 5.41) is 13.5. The van der Waals surface area contributed by atoms with Gasteiger partial charge in [0.25, 0.3) is 5.91 Å². The molecule has 3 atom stereocenters. The number of hydrogen-bond donors (Lipinski definition) is 1. The maximum absolute atomic E-state index is 13.2. The molecule has 3 rings (SSSR count).